The topological polar surface area (TPSA) is 52.3 Å². The van der Waals surface area contributed by atoms with Gasteiger partial charge in [0.1, 0.15) is 0 Å². The SMILES string of the molecule is CCOP(N)(=O)SC(C)c1ccccc1. The number of hydrogen-bond acceptors (Lipinski definition) is 3. The second-order valence-electron chi connectivity index (χ2n) is 3.12. The Bertz CT molecular complexity index is 345. The summed E-state index contributed by atoms with van der Waals surface area (Å²) in [5.41, 5.74) is 6.67. The summed E-state index contributed by atoms with van der Waals surface area (Å²) in [7, 11) is 0. The van der Waals surface area contributed by atoms with Gasteiger partial charge in [-0.2, -0.15) is 0 Å². The molecule has 0 fully saturated rings. The van der Waals surface area contributed by atoms with E-state index in [1.807, 2.05) is 37.3 Å². The van der Waals surface area contributed by atoms with Gasteiger partial charge in [0, 0.05) is 5.25 Å². The van der Waals surface area contributed by atoms with Crippen LogP contribution in [0.25, 0.3) is 0 Å². The van der Waals surface area contributed by atoms with Gasteiger partial charge in [0.15, 0.2) is 0 Å². The van der Waals surface area contributed by atoms with Crippen molar-refractivity contribution >= 4 is 18.1 Å². The van der Waals surface area contributed by atoms with Crippen LogP contribution in [0.3, 0.4) is 0 Å². The van der Waals surface area contributed by atoms with Crippen molar-refractivity contribution in [2.45, 2.75) is 19.1 Å². The summed E-state index contributed by atoms with van der Waals surface area (Å²) in [5.74, 6) is 0. The number of nitrogens with two attached hydrogens (primary N) is 1. The van der Waals surface area contributed by atoms with Gasteiger partial charge < -0.3 is 4.52 Å². The van der Waals surface area contributed by atoms with E-state index in [1.54, 1.807) is 6.92 Å². The van der Waals surface area contributed by atoms with E-state index in [0.717, 1.165) is 5.56 Å². The van der Waals surface area contributed by atoms with Gasteiger partial charge in [-0.15, -0.1) is 0 Å². The van der Waals surface area contributed by atoms with E-state index >= 15 is 0 Å². The first-order chi connectivity index (χ1) is 7.05. The lowest BCUT2D eigenvalue weighted by atomic mass is 10.2. The molecule has 2 N–H and O–H groups in total. The third kappa shape index (κ3) is 4.39. The van der Waals surface area contributed by atoms with Crippen LogP contribution in [0.4, 0.5) is 0 Å². The third-order valence-electron chi connectivity index (χ3n) is 1.88. The molecule has 2 atom stereocenters. The van der Waals surface area contributed by atoms with Gasteiger partial charge in [-0.1, -0.05) is 30.3 Å². The van der Waals surface area contributed by atoms with Gasteiger partial charge in [0.25, 0.3) is 0 Å². The van der Waals surface area contributed by atoms with Crippen LogP contribution in [0.2, 0.25) is 0 Å². The minimum atomic E-state index is -3.00. The minimum Gasteiger partial charge on any atom is -0.310 e. The molecule has 0 heterocycles. The molecule has 0 spiro atoms. The van der Waals surface area contributed by atoms with E-state index < -0.39 is 6.72 Å². The molecule has 0 radical (unpaired) electrons. The van der Waals surface area contributed by atoms with Crippen LogP contribution >= 0.6 is 18.1 Å². The smallest absolute Gasteiger partial charge is 0.310 e. The van der Waals surface area contributed by atoms with Crippen LogP contribution in [0.5, 0.6) is 0 Å². The highest BCUT2D eigenvalue weighted by Gasteiger charge is 2.21. The van der Waals surface area contributed by atoms with E-state index in [2.05, 4.69) is 0 Å². The van der Waals surface area contributed by atoms with E-state index in [0.29, 0.717) is 6.61 Å². The molecule has 1 rings (SSSR count). The number of rotatable bonds is 5. The zero-order valence-electron chi connectivity index (χ0n) is 8.92. The van der Waals surface area contributed by atoms with Crippen LogP contribution < -0.4 is 5.50 Å². The zero-order chi connectivity index (χ0) is 11.3. The van der Waals surface area contributed by atoms with Crippen LogP contribution in [-0.4, -0.2) is 6.61 Å². The molecule has 0 aromatic heterocycles. The fraction of sp³-hybridized carbons (Fsp3) is 0.400. The maximum Gasteiger partial charge on any atom is 0.324 e. The normalized spacial score (nSPS) is 17.0. The van der Waals surface area contributed by atoms with Crippen molar-refractivity contribution in [1.82, 2.24) is 0 Å². The molecule has 2 unspecified atom stereocenters. The fourth-order valence-corrected chi connectivity index (χ4v) is 4.54. The summed E-state index contributed by atoms with van der Waals surface area (Å²) in [6.45, 7) is 1.14. The highest BCUT2D eigenvalue weighted by atomic mass is 32.7. The second-order valence-corrected chi connectivity index (χ2v) is 7.53. The van der Waals surface area contributed by atoms with E-state index in [-0.39, 0.29) is 5.25 Å². The monoisotopic (exact) mass is 245 g/mol. The Morgan fingerprint density at radius 1 is 1.47 bits per heavy atom. The molecule has 0 aliphatic rings. The van der Waals surface area contributed by atoms with Crippen LogP contribution in [0.1, 0.15) is 24.7 Å². The maximum atomic E-state index is 11.7. The van der Waals surface area contributed by atoms with Crippen molar-refractivity contribution in [2.24, 2.45) is 5.50 Å². The lowest BCUT2D eigenvalue weighted by Crippen LogP contribution is -1.98. The lowest BCUT2D eigenvalue weighted by Gasteiger charge is -2.16. The predicted molar refractivity (Wildman–Crippen MR) is 65.9 cm³/mol. The molecule has 0 saturated heterocycles. The van der Waals surface area contributed by atoms with Crippen molar-refractivity contribution in [3.63, 3.8) is 0 Å². The maximum absolute atomic E-state index is 11.7. The first-order valence-corrected chi connectivity index (χ1v) is 7.99. The number of hydrogen-bond donors (Lipinski definition) is 1. The summed E-state index contributed by atoms with van der Waals surface area (Å²) in [5, 5.41) is 0.0774. The molecule has 3 nitrogen and oxygen atoms in total. The van der Waals surface area contributed by atoms with Gasteiger partial charge in [0.05, 0.1) is 6.61 Å². The Morgan fingerprint density at radius 3 is 2.60 bits per heavy atom. The van der Waals surface area contributed by atoms with Gasteiger partial charge in [-0.05, 0) is 30.8 Å². The third-order valence-corrected chi connectivity index (χ3v) is 5.53. The molecule has 1 aromatic rings. The number of benzene rings is 1. The van der Waals surface area contributed by atoms with Crippen molar-refractivity contribution in [3.05, 3.63) is 35.9 Å². The van der Waals surface area contributed by atoms with Gasteiger partial charge in [-0.3, -0.25) is 10.1 Å². The van der Waals surface area contributed by atoms with Crippen molar-refractivity contribution in [2.75, 3.05) is 6.61 Å². The molecule has 0 aliphatic heterocycles. The molecule has 84 valence electrons. The fourth-order valence-electron chi connectivity index (χ4n) is 1.22. The Hall–Kier alpha value is -0.280. The second kappa shape index (κ2) is 5.71. The Morgan fingerprint density at radius 2 is 2.07 bits per heavy atom. The standard InChI is InChI=1S/C10H16NO2PS/c1-3-13-14(11,12)15-9(2)10-7-5-4-6-8-10/h4-9H,3H2,1-2H3,(H2,11,12). The summed E-state index contributed by atoms with van der Waals surface area (Å²) in [4.78, 5) is 0. The molecule has 1 aromatic carbocycles. The zero-order valence-corrected chi connectivity index (χ0v) is 10.6. The highest BCUT2D eigenvalue weighted by Crippen LogP contribution is 2.58. The molecule has 0 bridgehead atoms. The molecule has 0 saturated carbocycles. The highest BCUT2D eigenvalue weighted by molar-refractivity contribution is 8.56. The Kier molecular flexibility index (Phi) is 4.87. The van der Waals surface area contributed by atoms with Crippen LogP contribution in [0.15, 0.2) is 30.3 Å². The summed E-state index contributed by atoms with van der Waals surface area (Å²) in [6, 6.07) is 9.84. The van der Waals surface area contributed by atoms with Gasteiger partial charge in [-0.25, -0.2) is 0 Å². The van der Waals surface area contributed by atoms with Crippen molar-refractivity contribution in [1.29, 1.82) is 0 Å². The van der Waals surface area contributed by atoms with Crippen molar-refractivity contribution in [3.8, 4) is 0 Å². The van der Waals surface area contributed by atoms with E-state index in [9.17, 15) is 4.57 Å². The Balaban J connectivity index is 2.64. The molecule has 5 heteroatoms. The van der Waals surface area contributed by atoms with Gasteiger partial charge in [0.2, 0.25) is 0 Å². The molecular formula is C10H16NO2PS. The summed E-state index contributed by atoms with van der Waals surface area (Å²) >= 11 is 1.19. The van der Waals surface area contributed by atoms with Crippen LogP contribution in [-0.2, 0) is 9.09 Å². The van der Waals surface area contributed by atoms with Gasteiger partial charge >= 0.3 is 6.72 Å². The minimum absolute atomic E-state index is 0.0774. The molecule has 15 heavy (non-hydrogen) atoms. The molecule has 0 amide bonds. The predicted octanol–water partition coefficient (Wildman–Crippen LogP) is 3.58. The lowest BCUT2D eigenvalue weighted by molar-refractivity contribution is 0.346. The van der Waals surface area contributed by atoms with Crippen LogP contribution in [0, 0.1) is 0 Å². The largest absolute Gasteiger partial charge is 0.324 e. The molecule has 0 aliphatic carbocycles. The summed E-state index contributed by atoms with van der Waals surface area (Å²) < 4.78 is 16.7. The average Bonchev–Trinajstić information content (AvgIpc) is 2.18. The van der Waals surface area contributed by atoms with E-state index in [4.69, 9.17) is 10.0 Å². The Labute approximate surface area is 94.6 Å². The quantitative estimate of drug-likeness (QED) is 0.805. The first kappa shape index (κ1) is 12.8. The first-order valence-electron chi connectivity index (χ1n) is 4.81. The summed E-state index contributed by atoms with van der Waals surface area (Å²) in [6.07, 6.45) is 0. The van der Waals surface area contributed by atoms with Crippen molar-refractivity contribution < 1.29 is 9.09 Å². The average molecular weight is 245 g/mol. The molecular weight excluding hydrogens is 229 g/mol. The van der Waals surface area contributed by atoms with E-state index in [1.165, 1.54) is 11.4 Å².